The summed E-state index contributed by atoms with van der Waals surface area (Å²) in [5, 5.41) is 3.86. The zero-order chi connectivity index (χ0) is 17.2. The Bertz CT molecular complexity index is 468. The molecule has 2 atom stereocenters. The molecular weight excluding hydrogens is 298 g/mol. The van der Waals surface area contributed by atoms with Crippen molar-refractivity contribution in [3.05, 3.63) is 35.9 Å². The summed E-state index contributed by atoms with van der Waals surface area (Å²) in [5.41, 5.74) is 1.34. The molecule has 1 aromatic rings. The molecule has 0 bridgehead atoms. The van der Waals surface area contributed by atoms with Crippen molar-refractivity contribution in [2.24, 2.45) is 5.92 Å². The van der Waals surface area contributed by atoms with Crippen LogP contribution in [0.25, 0.3) is 0 Å². The Balaban J connectivity index is 1.90. The van der Waals surface area contributed by atoms with E-state index in [1.807, 2.05) is 6.92 Å². The molecule has 0 radical (unpaired) electrons. The highest BCUT2D eigenvalue weighted by Gasteiger charge is 2.25. The first kappa shape index (κ1) is 19.0. The molecule has 0 aliphatic heterocycles. The van der Waals surface area contributed by atoms with E-state index in [1.54, 1.807) is 0 Å². The van der Waals surface area contributed by atoms with Crippen LogP contribution in [0.2, 0.25) is 0 Å². The fourth-order valence-corrected chi connectivity index (χ4v) is 3.85. The van der Waals surface area contributed by atoms with E-state index in [9.17, 15) is 4.79 Å². The zero-order valence-corrected chi connectivity index (χ0v) is 15.3. The molecule has 0 aromatic heterocycles. The summed E-state index contributed by atoms with van der Waals surface area (Å²) in [6.45, 7) is 4.59. The van der Waals surface area contributed by atoms with Gasteiger partial charge in [-0.3, -0.25) is 4.79 Å². The minimum atomic E-state index is -0.0593. The smallest absolute Gasteiger partial charge is 0.305 e. The Morgan fingerprint density at radius 3 is 2.58 bits per heavy atom. The van der Waals surface area contributed by atoms with Crippen LogP contribution < -0.4 is 5.32 Å². The maximum atomic E-state index is 11.6. The van der Waals surface area contributed by atoms with Crippen molar-refractivity contribution < 1.29 is 9.53 Å². The number of esters is 1. The van der Waals surface area contributed by atoms with Crippen LogP contribution >= 0.6 is 0 Å². The van der Waals surface area contributed by atoms with Crippen LogP contribution in [0.3, 0.4) is 0 Å². The van der Waals surface area contributed by atoms with Gasteiger partial charge in [-0.25, -0.2) is 0 Å². The predicted octanol–water partition coefficient (Wildman–Crippen LogP) is 5.02. The summed E-state index contributed by atoms with van der Waals surface area (Å²) >= 11 is 0. The van der Waals surface area contributed by atoms with Gasteiger partial charge in [0.05, 0.1) is 6.61 Å². The van der Waals surface area contributed by atoms with Crippen LogP contribution in [0, 0.1) is 5.92 Å². The van der Waals surface area contributed by atoms with E-state index >= 15 is 0 Å². The second kappa shape index (κ2) is 10.5. The van der Waals surface area contributed by atoms with E-state index in [-0.39, 0.29) is 5.97 Å². The Morgan fingerprint density at radius 2 is 1.92 bits per heavy atom. The number of ether oxygens (including phenoxy) is 1. The first-order valence-corrected chi connectivity index (χ1v) is 9.67. The average molecular weight is 332 g/mol. The van der Waals surface area contributed by atoms with E-state index in [1.165, 1.54) is 37.7 Å². The van der Waals surface area contributed by atoms with Crippen molar-refractivity contribution in [3.8, 4) is 0 Å². The lowest BCUT2D eigenvalue weighted by atomic mass is 9.81. The number of rotatable bonds is 9. The van der Waals surface area contributed by atoms with Crippen LogP contribution in [0.1, 0.15) is 76.8 Å². The molecule has 0 amide bonds. The SMILES string of the molecule is CCOC(=O)CCC[C@H](N[C@@H](C)c1ccccc1)C1CCCCC1. The van der Waals surface area contributed by atoms with Crippen molar-refractivity contribution >= 4 is 5.97 Å². The van der Waals surface area contributed by atoms with E-state index < -0.39 is 0 Å². The van der Waals surface area contributed by atoms with E-state index in [4.69, 9.17) is 4.74 Å². The molecule has 1 N–H and O–H groups in total. The predicted molar refractivity (Wildman–Crippen MR) is 98.8 cm³/mol. The summed E-state index contributed by atoms with van der Waals surface area (Å²) in [6.07, 6.45) is 9.21. The molecular formula is C21H33NO2. The van der Waals surface area contributed by atoms with Gasteiger partial charge in [-0.15, -0.1) is 0 Å². The Morgan fingerprint density at radius 1 is 1.21 bits per heavy atom. The summed E-state index contributed by atoms with van der Waals surface area (Å²) in [7, 11) is 0. The lowest BCUT2D eigenvalue weighted by molar-refractivity contribution is -0.143. The zero-order valence-electron chi connectivity index (χ0n) is 15.3. The van der Waals surface area contributed by atoms with Gasteiger partial charge < -0.3 is 10.1 Å². The topological polar surface area (TPSA) is 38.3 Å². The largest absolute Gasteiger partial charge is 0.466 e. The maximum absolute atomic E-state index is 11.6. The molecule has 0 heterocycles. The van der Waals surface area contributed by atoms with E-state index in [0.717, 1.165) is 18.8 Å². The van der Waals surface area contributed by atoms with Crippen molar-refractivity contribution in [2.75, 3.05) is 6.61 Å². The number of carbonyl (C=O) groups is 1. The van der Waals surface area contributed by atoms with Gasteiger partial charge in [0.25, 0.3) is 0 Å². The molecule has 1 saturated carbocycles. The third kappa shape index (κ3) is 6.27. The Hall–Kier alpha value is -1.35. The number of hydrogen-bond acceptors (Lipinski definition) is 3. The third-order valence-electron chi connectivity index (χ3n) is 5.18. The van der Waals surface area contributed by atoms with E-state index in [2.05, 4.69) is 42.6 Å². The van der Waals surface area contributed by atoms with Crippen LogP contribution in [-0.2, 0) is 9.53 Å². The molecule has 0 saturated heterocycles. The monoisotopic (exact) mass is 331 g/mol. The number of benzene rings is 1. The molecule has 1 aliphatic rings. The van der Waals surface area contributed by atoms with Crippen LogP contribution in [0.5, 0.6) is 0 Å². The molecule has 2 rings (SSSR count). The van der Waals surface area contributed by atoms with Crippen molar-refractivity contribution in [3.63, 3.8) is 0 Å². The third-order valence-corrected chi connectivity index (χ3v) is 5.18. The molecule has 3 heteroatoms. The Kier molecular flexibility index (Phi) is 8.31. The molecule has 3 nitrogen and oxygen atoms in total. The summed E-state index contributed by atoms with van der Waals surface area (Å²) in [5.74, 6) is 0.683. The van der Waals surface area contributed by atoms with Crippen molar-refractivity contribution in [1.82, 2.24) is 5.32 Å². The normalized spacial score (nSPS) is 18.1. The second-order valence-electron chi connectivity index (χ2n) is 7.00. The van der Waals surface area contributed by atoms with Crippen molar-refractivity contribution in [1.29, 1.82) is 0 Å². The fourth-order valence-electron chi connectivity index (χ4n) is 3.85. The molecule has 1 aromatic carbocycles. The molecule has 134 valence electrons. The summed E-state index contributed by atoms with van der Waals surface area (Å²) < 4.78 is 5.06. The lowest BCUT2D eigenvalue weighted by Gasteiger charge is -2.33. The minimum absolute atomic E-state index is 0.0593. The highest BCUT2D eigenvalue weighted by atomic mass is 16.5. The van der Waals surface area contributed by atoms with E-state index in [0.29, 0.717) is 25.1 Å². The standard InChI is InChI=1S/C21H33NO2/c1-3-24-21(23)16-10-15-20(19-13-8-5-9-14-19)22-17(2)18-11-6-4-7-12-18/h4,6-7,11-12,17,19-20,22H,3,5,8-10,13-16H2,1-2H3/t17-,20-/m0/s1. The lowest BCUT2D eigenvalue weighted by Crippen LogP contribution is -2.39. The number of hydrogen-bond donors (Lipinski definition) is 1. The molecule has 24 heavy (non-hydrogen) atoms. The van der Waals surface area contributed by atoms with Gasteiger partial charge in [0.2, 0.25) is 0 Å². The van der Waals surface area contributed by atoms with Gasteiger partial charge in [-0.2, -0.15) is 0 Å². The van der Waals surface area contributed by atoms with Gasteiger partial charge in [0.1, 0.15) is 0 Å². The molecule has 1 aliphatic carbocycles. The van der Waals surface area contributed by atoms with Crippen LogP contribution in [0.4, 0.5) is 0 Å². The molecule has 0 spiro atoms. The second-order valence-corrected chi connectivity index (χ2v) is 7.00. The quantitative estimate of drug-likeness (QED) is 0.646. The van der Waals surface area contributed by atoms with Gasteiger partial charge >= 0.3 is 5.97 Å². The van der Waals surface area contributed by atoms with Crippen LogP contribution in [0.15, 0.2) is 30.3 Å². The van der Waals surface area contributed by atoms with Gasteiger partial charge in [0, 0.05) is 18.5 Å². The van der Waals surface area contributed by atoms with Gasteiger partial charge in [0.15, 0.2) is 0 Å². The first-order chi connectivity index (χ1) is 11.7. The molecule has 1 fully saturated rings. The summed E-state index contributed by atoms with van der Waals surface area (Å²) in [4.78, 5) is 11.6. The first-order valence-electron chi connectivity index (χ1n) is 9.67. The Labute approximate surface area is 147 Å². The number of nitrogens with one attached hydrogen (secondary N) is 1. The number of carbonyl (C=O) groups excluding carboxylic acids is 1. The average Bonchev–Trinajstić information content (AvgIpc) is 2.62. The van der Waals surface area contributed by atoms with Crippen LogP contribution in [-0.4, -0.2) is 18.6 Å². The fraction of sp³-hybridized carbons (Fsp3) is 0.667. The minimum Gasteiger partial charge on any atom is -0.466 e. The van der Waals surface area contributed by atoms with Gasteiger partial charge in [-0.1, -0.05) is 49.6 Å². The highest BCUT2D eigenvalue weighted by Crippen LogP contribution is 2.30. The summed E-state index contributed by atoms with van der Waals surface area (Å²) in [6, 6.07) is 11.5. The highest BCUT2D eigenvalue weighted by molar-refractivity contribution is 5.69. The molecule has 0 unspecified atom stereocenters. The maximum Gasteiger partial charge on any atom is 0.305 e. The van der Waals surface area contributed by atoms with Gasteiger partial charge in [-0.05, 0) is 51.0 Å². The van der Waals surface area contributed by atoms with Crippen molar-refractivity contribution in [2.45, 2.75) is 77.3 Å².